The number of rotatable bonds is 4. The smallest absolute Gasteiger partial charge is 0.337 e. The maximum atomic E-state index is 11.1. The lowest BCUT2D eigenvalue weighted by Crippen LogP contribution is -2.05. The van der Waals surface area contributed by atoms with E-state index in [4.69, 9.17) is 5.11 Å². The molecule has 1 unspecified atom stereocenters. The molecule has 1 aromatic carbocycles. The molecule has 0 amide bonds. The molecule has 0 fully saturated rings. The molecule has 0 aliphatic heterocycles. The molecule has 4 nitrogen and oxygen atoms in total. The van der Waals surface area contributed by atoms with Crippen LogP contribution in [-0.4, -0.2) is 20.6 Å². The maximum Gasteiger partial charge on any atom is 0.337 e. The molecule has 0 aliphatic rings. The van der Waals surface area contributed by atoms with Gasteiger partial charge in [0, 0.05) is 6.54 Å². The fraction of sp³-hybridized carbons (Fsp3) is 0.385. The number of nitrogens with zero attached hydrogens (tertiary/aromatic N) is 2. The van der Waals surface area contributed by atoms with E-state index in [-0.39, 0.29) is 5.56 Å². The average molecular weight is 232 g/mol. The third-order valence-electron chi connectivity index (χ3n) is 3.09. The zero-order valence-corrected chi connectivity index (χ0v) is 10.1. The van der Waals surface area contributed by atoms with Gasteiger partial charge in [0.05, 0.1) is 17.4 Å². The van der Waals surface area contributed by atoms with E-state index in [0.29, 0.717) is 11.4 Å². The number of aromatic nitrogens is 2. The van der Waals surface area contributed by atoms with Crippen LogP contribution in [0.5, 0.6) is 0 Å². The van der Waals surface area contributed by atoms with Gasteiger partial charge in [-0.3, -0.25) is 0 Å². The molecule has 2 aromatic rings. The molecule has 2 rings (SSSR count). The van der Waals surface area contributed by atoms with Crippen LogP contribution < -0.4 is 0 Å². The summed E-state index contributed by atoms with van der Waals surface area (Å²) in [7, 11) is 0. The quantitative estimate of drug-likeness (QED) is 0.881. The number of hydrogen-bond donors (Lipinski definition) is 1. The van der Waals surface area contributed by atoms with E-state index in [0.717, 1.165) is 18.5 Å². The zero-order valence-electron chi connectivity index (χ0n) is 10.1. The van der Waals surface area contributed by atoms with Crippen LogP contribution in [0.25, 0.3) is 11.0 Å². The molecule has 0 saturated heterocycles. The number of para-hydroxylation sites is 1. The van der Waals surface area contributed by atoms with Crippen molar-refractivity contribution in [2.75, 3.05) is 0 Å². The van der Waals surface area contributed by atoms with Crippen LogP contribution in [0.2, 0.25) is 0 Å². The van der Waals surface area contributed by atoms with Crippen molar-refractivity contribution in [2.45, 2.75) is 26.8 Å². The Hall–Kier alpha value is -1.84. The van der Waals surface area contributed by atoms with Crippen LogP contribution in [-0.2, 0) is 6.54 Å². The minimum Gasteiger partial charge on any atom is -0.478 e. The van der Waals surface area contributed by atoms with Crippen molar-refractivity contribution in [3.8, 4) is 0 Å². The van der Waals surface area contributed by atoms with Crippen molar-refractivity contribution in [3.63, 3.8) is 0 Å². The maximum absolute atomic E-state index is 11.1. The van der Waals surface area contributed by atoms with Crippen LogP contribution in [0.1, 0.15) is 30.6 Å². The SMILES string of the molecule is CCC(C)Cn1cnc2c(C(=O)O)cccc21. The summed E-state index contributed by atoms with van der Waals surface area (Å²) < 4.78 is 2.02. The first-order chi connectivity index (χ1) is 8.13. The minimum absolute atomic E-state index is 0.269. The molecule has 1 aromatic heterocycles. The van der Waals surface area contributed by atoms with E-state index in [1.165, 1.54) is 0 Å². The molecule has 0 radical (unpaired) electrons. The topological polar surface area (TPSA) is 55.1 Å². The number of aromatic carboxylic acids is 1. The Morgan fingerprint density at radius 3 is 2.94 bits per heavy atom. The summed E-state index contributed by atoms with van der Waals surface area (Å²) in [6.45, 7) is 5.19. The van der Waals surface area contributed by atoms with Crippen molar-refractivity contribution < 1.29 is 9.90 Å². The number of carboxylic acid groups (broad SMARTS) is 1. The van der Waals surface area contributed by atoms with E-state index in [1.54, 1.807) is 18.5 Å². The molecular formula is C13H16N2O2. The monoisotopic (exact) mass is 232 g/mol. The highest BCUT2D eigenvalue weighted by Gasteiger charge is 2.12. The van der Waals surface area contributed by atoms with Crippen molar-refractivity contribution in [3.05, 3.63) is 30.1 Å². The van der Waals surface area contributed by atoms with Gasteiger partial charge in [-0.25, -0.2) is 9.78 Å². The van der Waals surface area contributed by atoms with Crippen LogP contribution >= 0.6 is 0 Å². The summed E-state index contributed by atoms with van der Waals surface area (Å²) in [5, 5.41) is 9.07. The van der Waals surface area contributed by atoms with E-state index in [2.05, 4.69) is 18.8 Å². The van der Waals surface area contributed by atoms with Crippen molar-refractivity contribution >= 4 is 17.0 Å². The van der Waals surface area contributed by atoms with Gasteiger partial charge in [-0.1, -0.05) is 26.3 Å². The highest BCUT2D eigenvalue weighted by Crippen LogP contribution is 2.19. The fourth-order valence-electron chi connectivity index (χ4n) is 1.87. The highest BCUT2D eigenvalue weighted by molar-refractivity contribution is 6.00. The second-order valence-corrected chi connectivity index (χ2v) is 4.39. The summed E-state index contributed by atoms with van der Waals surface area (Å²) in [4.78, 5) is 15.3. The number of benzene rings is 1. The molecule has 0 spiro atoms. The fourth-order valence-corrected chi connectivity index (χ4v) is 1.87. The zero-order chi connectivity index (χ0) is 12.4. The predicted octanol–water partition coefficient (Wildman–Crippen LogP) is 2.78. The summed E-state index contributed by atoms with van der Waals surface area (Å²) >= 11 is 0. The molecule has 1 atom stereocenters. The summed E-state index contributed by atoms with van der Waals surface area (Å²) in [6, 6.07) is 5.27. The summed E-state index contributed by atoms with van der Waals surface area (Å²) in [5.74, 6) is -0.370. The first kappa shape index (κ1) is 11.6. The Balaban J connectivity index is 2.47. The van der Waals surface area contributed by atoms with Crippen LogP contribution in [0.4, 0.5) is 0 Å². The predicted molar refractivity (Wildman–Crippen MR) is 66.1 cm³/mol. The lowest BCUT2D eigenvalue weighted by atomic mass is 10.1. The van der Waals surface area contributed by atoms with Gasteiger partial charge in [0.2, 0.25) is 0 Å². The van der Waals surface area contributed by atoms with Crippen molar-refractivity contribution in [1.29, 1.82) is 0 Å². The molecule has 4 heteroatoms. The second kappa shape index (κ2) is 4.57. The Kier molecular flexibility index (Phi) is 3.13. The molecule has 1 N–H and O–H groups in total. The van der Waals surface area contributed by atoms with Gasteiger partial charge in [-0.2, -0.15) is 0 Å². The Morgan fingerprint density at radius 2 is 2.29 bits per heavy atom. The van der Waals surface area contributed by atoms with Crippen LogP contribution in [0.3, 0.4) is 0 Å². The largest absolute Gasteiger partial charge is 0.478 e. The average Bonchev–Trinajstić information content (AvgIpc) is 2.72. The van der Waals surface area contributed by atoms with E-state index >= 15 is 0 Å². The summed E-state index contributed by atoms with van der Waals surface area (Å²) in [6.07, 6.45) is 2.82. The number of carboxylic acids is 1. The molecule has 0 bridgehead atoms. The number of hydrogen-bond acceptors (Lipinski definition) is 2. The minimum atomic E-state index is -0.926. The molecule has 90 valence electrons. The van der Waals surface area contributed by atoms with Gasteiger partial charge in [-0.05, 0) is 18.1 Å². The molecular weight excluding hydrogens is 216 g/mol. The highest BCUT2D eigenvalue weighted by atomic mass is 16.4. The standard InChI is InChI=1S/C13H16N2O2/c1-3-9(2)7-15-8-14-12-10(13(16)17)5-4-6-11(12)15/h4-6,8-9H,3,7H2,1-2H3,(H,16,17). The normalized spacial score (nSPS) is 12.8. The number of carbonyl (C=O) groups is 1. The Labute approximate surface area is 99.9 Å². The third-order valence-corrected chi connectivity index (χ3v) is 3.09. The first-order valence-electron chi connectivity index (χ1n) is 5.80. The van der Waals surface area contributed by atoms with Gasteiger partial charge < -0.3 is 9.67 Å². The molecule has 0 aliphatic carbocycles. The van der Waals surface area contributed by atoms with Crippen LogP contribution in [0, 0.1) is 5.92 Å². The molecule has 0 saturated carbocycles. The third kappa shape index (κ3) is 2.16. The van der Waals surface area contributed by atoms with E-state index < -0.39 is 5.97 Å². The van der Waals surface area contributed by atoms with Gasteiger partial charge in [0.1, 0.15) is 5.52 Å². The Bertz CT molecular complexity index is 545. The molecule has 1 heterocycles. The first-order valence-corrected chi connectivity index (χ1v) is 5.80. The Morgan fingerprint density at radius 1 is 1.53 bits per heavy atom. The number of fused-ring (bicyclic) bond motifs is 1. The lowest BCUT2D eigenvalue weighted by Gasteiger charge is -2.10. The van der Waals surface area contributed by atoms with Gasteiger partial charge >= 0.3 is 5.97 Å². The number of imidazole rings is 1. The van der Waals surface area contributed by atoms with E-state index in [1.807, 2.05) is 10.6 Å². The summed E-state index contributed by atoms with van der Waals surface area (Å²) in [5.41, 5.74) is 1.74. The second-order valence-electron chi connectivity index (χ2n) is 4.39. The van der Waals surface area contributed by atoms with Gasteiger partial charge in [0.25, 0.3) is 0 Å². The van der Waals surface area contributed by atoms with Crippen LogP contribution in [0.15, 0.2) is 24.5 Å². The van der Waals surface area contributed by atoms with E-state index in [9.17, 15) is 4.79 Å². The van der Waals surface area contributed by atoms with Gasteiger partial charge in [0.15, 0.2) is 0 Å². The lowest BCUT2D eigenvalue weighted by molar-refractivity contribution is 0.0699. The van der Waals surface area contributed by atoms with Crippen molar-refractivity contribution in [2.24, 2.45) is 5.92 Å². The van der Waals surface area contributed by atoms with Crippen molar-refractivity contribution in [1.82, 2.24) is 9.55 Å². The molecule has 17 heavy (non-hydrogen) atoms. The van der Waals surface area contributed by atoms with Gasteiger partial charge in [-0.15, -0.1) is 0 Å².